The highest BCUT2D eigenvalue weighted by molar-refractivity contribution is 5.48. The average Bonchev–Trinajstić information content (AvgIpc) is 2.39. The fourth-order valence-corrected chi connectivity index (χ4v) is 1.72. The minimum absolute atomic E-state index is 0.592. The van der Waals surface area contributed by atoms with E-state index in [1.165, 1.54) is 5.56 Å². The van der Waals surface area contributed by atoms with Crippen molar-refractivity contribution in [1.82, 2.24) is 4.98 Å². The molecular formula is C15H19N3O. The van der Waals surface area contributed by atoms with E-state index in [-0.39, 0.29) is 0 Å². The van der Waals surface area contributed by atoms with Crippen LogP contribution in [0.2, 0.25) is 0 Å². The maximum atomic E-state index is 5.72. The van der Waals surface area contributed by atoms with Crippen molar-refractivity contribution in [3.8, 4) is 5.75 Å². The van der Waals surface area contributed by atoms with Gasteiger partial charge in [-0.2, -0.15) is 0 Å². The van der Waals surface area contributed by atoms with E-state index in [4.69, 9.17) is 10.5 Å². The Morgan fingerprint density at radius 1 is 1.21 bits per heavy atom. The van der Waals surface area contributed by atoms with Gasteiger partial charge < -0.3 is 15.8 Å². The van der Waals surface area contributed by atoms with Gasteiger partial charge in [0.1, 0.15) is 18.2 Å². The van der Waals surface area contributed by atoms with E-state index >= 15 is 0 Å². The van der Waals surface area contributed by atoms with E-state index in [0.717, 1.165) is 17.3 Å². The van der Waals surface area contributed by atoms with Crippen LogP contribution in [0.15, 0.2) is 36.4 Å². The fourth-order valence-electron chi connectivity index (χ4n) is 1.72. The molecule has 0 unspecified atom stereocenters. The smallest absolute Gasteiger partial charge is 0.126 e. The van der Waals surface area contributed by atoms with Crippen LogP contribution >= 0.6 is 0 Å². The van der Waals surface area contributed by atoms with Crippen LogP contribution in [-0.2, 0) is 0 Å². The van der Waals surface area contributed by atoms with Crippen molar-refractivity contribution in [3.05, 3.63) is 47.7 Å². The number of hydrogen-bond acceptors (Lipinski definition) is 4. The molecule has 2 rings (SSSR count). The van der Waals surface area contributed by atoms with Crippen molar-refractivity contribution in [3.63, 3.8) is 0 Å². The van der Waals surface area contributed by atoms with E-state index in [9.17, 15) is 0 Å². The number of pyridine rings is 1. The summed E-state index contributed by atoms with van der Waals surface area (Å²) in [5.74, 6) is 1.71. The minimum Gasteiger partial charge on any atom is -0.492 e. The van der Waals surface area contributed by atoms with Crippen molar-refractivity contribution >= 4 is 11.5 Å². The Labute approximate surface area is 113 Å². The highest BCUT2D eigenvalue weighted by Gasteiger charge is 1.98. The second-order valence-corrected chi connectivity index (χ2v) is 4.46. The van der Waals surface area contributed by atoms with Crippen LogP contribution in [0.3, 0.4) is 0 Å². The number of anilines is 2. The van der Waals surface area contributed by atoms with Crippen LogP contribution in [0.25, 0.3) is 0 Å². The van der Waals surface area contributed by atoms with Gasteiger partial charge in [-0.05, 0) is 43.7 Å². The molecule has 0 saturated carbocycles. The predicted octanol–water partition coefficient (Wildman–Crippen LogP) is 2.77. The van der Waals surface area contributed by atoms with Gasteiger partial charge in [-0.3, -0.25) is 0 Å². The third-order valence-corrected chi connectivity index (χ3v) is 2.79. The second kappa shape index (κ2) is 6.09. The van der Waals surface area contributed by atoms with Crippen molar-refractivity contribution in [1.29, 1.82) is 0 Å². The first kappa shape index (κ1) is 13.2. The number of hydrogen-bond donors (Lipinski definition) is 2. The third-order valence-electron chi connectivity index (χ3n) is 2.79. The van der Waals surface area contributed by atoms with Crippen LogP contribution < -0.4 is 15.8 Å². The van der Waals surface area contributed by atoms with Crippen molar-refractivity contribution in [2.24, 2.45) is 0 Å². The molecule has 1 aromatic carbocycles. The lowest BCUT2D eigenvalue weighted by Crippen LogP contribution is -2.12. The number of nitrogen functional groups attached to an aromatic ring is 1. The molecule has 19 heavy (non-hydrogen) atoms. The summed E-state index contributed by atoms with van der Waals surface area (Å²) in [6.07, 6.45) is 0. The Bertz CT molecular complexity index is 555. The number of aryl methyl sites for hydroxylation is 2. The van der Waals surface area contributed by atoms with Gasteiger partial charge in [-0.15, -0.1) is 0 Å². The number of rotatable bonds is 5. The molecule has 0 aliphatic carbocycles. The standard InChI is InChI=1S/C15H19N3O/c1-11-4-3-5-13(10-11)19-9-8-17-15-7-6-14(16)12(2)18-15/h3-7,10H,8-9,16H2,1-2H3,(H,17,18). The van der Waals surface area contributed by atoms with Gasteiger partial charge in [-0.25, -0.2) is 4.98 Å². The van der Waals surface area contributed by atoms with Gasteiger partial charge in [-0.1, -0.05) is 12.1 Å². The number of ether oxygens (including phenoxy) is 1. The number of nitrogens with two attached hydrogens (primary N) is 1. The van der Waals surface area contributed by atoms with Gasteiger partial charge in [0, 0.05) is 0 Å². The predicted molar refractivity (Wildman–Crippen MR) is 78.6 cm³/mol. The summed E-state index contributed by atoms with van der Waals surface area (Å²) in [6, 6.07) is 11.7. The first-order valence-corrected chi connectivity index (χ1v) is 6.31. The summed E-state index contributed by atoms with van der Waals surface area (Å²) in [7, 11) is 0. The summed E-state index contributed by atoms with van der Waals surface area (Å²) in [4.78, 5) is 4.34. The Hall–Kier alpha value is -2.23. The molecule has 2 aromatic rings. The maximum absolute atomic E-state index is 5.72. The zero-order chi connectivity index (χ0) is 13.7. The molecule has 0 amide bonds. The van der Waals surface area contributed by atoms with Crippen molar-refractivity contribution in [2.75, 3.05) is 24.2 Å². The molecule has 0 radical (unpaired) electrons. The van der Waals surface area contributed by atoms with Crippen molar-refractivity contribution in [2.45, 2.75) is 13.8 Å². The summed E-state index contributed by atoms with van der Waals surface area (Å²) in [6.45, 7) is 5.23. The highest BCUT2D eigenvalue weighted by Crippen LogP contribution is 2.13. The molecule has 0 bridgehead atoms. The summed E-state index contributed by atoms with van der Waals surface area (Å²) in [5.41, 5.74) is 8.46. The zero-order valence-corrected chi connectivity index (χ0v) is 11.3. The number of aromatic nitrogens is 1. The number of nitrogens with zero attached hydrogens (tertiary/aromatic N) is 1. The van der Waals surface area contributed by atoms with Gasteiger partial charge in [0.2, 0.25) is 0 Å². The topological polar surface area (TPSA) is 60.2 Å². The fraction of sp³-hybridized carbons (Fsp3) is 0.267. The third kappa shape index (κ3) is 3.88. The lowest BCUT2D eigenvalue weighted by atomic mass is 10.2. The SMILES string of the molecule is Cc1cccc(OCCNc2ccc(N)c(C)n2)c1. The van der Waals surface area contributed by atoms with Gasteiger partial charge in [0.15, 0.2) is 0 Å². The minimum atomic E-state index is 0.592. The van der Waals surface area contributed by atoms with Crippen LogP contribution in [0, 0.1) is 13.8 Å². The Balaban J connectivity index is 1.79. The van der Waals surface area contributed by atoms with Gasteiger partial charge in [0.05, 0.1) is 17.9 Å². The first-order chi connectivity index (χ1) is 9.15. The lowest BCUT2D eigenvalue weighted by molar-refractivity contribution is 0.332. The first-order valence-electron chi connectivity index (χ1n) is 6.31. The molecular weight excluding hydrogens is 238 g/mol. The van der Waals surface area contributed by atoms with E-state index in [0.29, 0.717) is 18.8 Å². The number of nitrogens with one attached hydrogen (secondary N) is 1. The molecule has 0 spiro atoms. The van der Waals surface area contributed by atoms with Crippen LogP contribution in [-0.4, -0.2) is 18.1 Å². The molecule has 0 fully saturated rings. The molecule has 1 aromatic heterocycles. The van der Waals surface area contributed by atoms with E-state index in [1.54, 1.807) is 0 Å². The van der Waals surface area contributed by atoms with Gasteiger partial charge in [0.25, 0.3) is 0 Å². The monoisotopic (exact) mass is 257 g/mol. The van der Waals surface area contributed by atoms with E-state index in [1.807, 2.05) is 50.2 Å². The van der Waals surface area contributed by atoms with E-state index in [2.05, 4.69) is 10.3 Å². The maximum Gasteiger partial charge on any atom is 0.126 e. The quantitative estimate of drug-likeness (QED) is 0.809. The normalized spacial score (nSPS) is 10.2. The van der Waals surface area contributed by atoms with Gasteiger partial charge >= 0.3 is 0 Å². The molecule has 3 N–H and O–H groups in total. The molecule has 4 heteroatoms. The zero-order valence-electron chi connectivity index (χ0n) is 11.3. The summed E-state index contributed by atoms with van der Waals surface area (Å²) < 4.78 is 5.65. The molecule has 4 nitrogen and oxygen atoms in total. The van der Waals surface area contributed by atoms with Crippen molar-refractivity contribution < 1.29 is 4.74 Å². The average molecular weight is 257 g/mol. The lowest BCUT2D eigenvalue weighted by Gasteiger charge is -2.09. The highest BCUT2D eigenvalue weighted by atomic mass is 16.5. The Morgan fingerprint density at radius 2 is 2.05 bits per heavy atom. The Kier molecular flexibility index (Phi) is 4.23. The second-order valence-electron chi connectivity index (χ2n) is 4.46. The van der Waals surface area contributed by atoms with E-state index < -0.39 is 0 Å². The largest absolute Gasteiger partial charge is 0.492 e. The number of benzene rings is 1. The summed E-state index contributed by atoms with van der Waals surface area (Å²) in [5, 5.41) is 3.21. The Morgan fingerprint density at radius 3 is 2.79 bits per heavy atom. The molecule has 1 heterocycles. The molecule has 0 saturated heterocycles. The molecule has 0 atom stereocenters. The summed E-state index contributed by atoms with van der Waals surface area (Å²) >= 11 is 0. The van der Waals surface area contributed by atoms with Crippen LogP contribution in [0.5, 0.6) is 5.75 Å². The van der Waals surface area contributed by atoms with Crippen LogP contribution in [0.1, 0.15) is 11.3 Å². The molecule has 0 aliphatic heterocycles. The molecule has 100 valence electrons. The molecule has 0 aliphatic rings. The van der Waals surface area contributed by atoms with Crippen LogP contribution in [0.4, 0.5) is 11.5 Å².